The van der Waals surface area contributed by atoms with Crippen molar-refractivity contribution < 1.29 is 8.42 Å². The lowest BCUT2D eigenvalue weighted by Gasteiger charge is -2.20. The van der Waals surface area contributed by atoms with Crippen molar-refractivity contribution >= 4 is 37.6 Å². The quantitative estimate of drug-likeness (QED) is 0.759. The maximum Gasteiger partial charge on any atom is 0.244 e. The number of nitrogens with zero attached hydrogens (tertiary/aromatic N) is 1. The third-order valence-electron chi connectivity index (χ3n) is 2.76. The monoisotopic (exact) mass is 353 g/mol. The standard InChI is InChI=1S/C12H17BrClNO2S/c1-4-15(5-2)18(16,17)11-7-10(8-14)6-9(3)12(11)13/h6-7H,4-5,8H2,1-3H3. The SMILES string of the molecule is CCN(CC)S(=O)(=O)c1cc(CCl)cc(C)c1Br. The van der Waals surface area contributed by atoms with Gasteiger partial charge in [-0.15, -0.1) is 11.6 Å². The van der Waals surface area contributed by atoms with Crippen LogP contribution in [0.15, 0.2) is 21.5 Å². The van der Waals surface area contributed by atoms with Crippen LogP contribution >= 0.6 is 27.5 Å². The molecule has 0 N–H and O–H groups in total. The largest absolute Gasteiger partial charge is 0.244 e. The number of alkyl halides is 1. The van der Waals surface area contributed by atoms with Gasteiger partial charge in [0.05, 0.1) is 4.90 Å². The van der Waals surface area contributed by atoms with Crippen molar-refractivity contribution in [2.45, 2.75) is 31.5 Å². The zero-order chi connectivity index (χ0) is 13.9. The van der Waals surface area contributed by atoms with Gasteiger partial charge < -0.3 is 0 Å². The van der Waals surface area contributed by atoms with Crippen LogP contribution in [0, 0.1) is 6.92 Å². The Bertz CT molecular complexity index is 527. The van der Waals surface area contributed by atoms with Crippen LogP contribution in [-0.4, -0.2) is 25.8 Å². The number of sulfonamides is 1. The van der Waals surface area contributed by atoms with E-state index in [0.717, 1.165) is 11.1 Å². The molecule has 0 saturated heterocycles. The van der Waals surface area contributed by atoms with Crippen LogP contribution in [0.5, 0.6) is 0 Å². The van der Waals surface area contributed by atoms with Gasteiger partial charge in [-0.2, -0.15) is 4.31 Å². The predicted molar refractivity (Wildman–Crippen MR) is 78.5 cm³/mol. The average molecular weight is 355 g/mol. The van der Waals surface area contributed by atoms with Gasteiger partial charge in [-0.05, 0) is 40.0 Å². The van der Waals surface area contributed by atoms with Crippen LogP contribution in [0.1, 0.15) is 25.0 Å². The minimum atomic E-state index is -3.46. The van der Waals surface area contributed by atoms with E-state index in [0.29, 0.717) is 28.3 Å². The summed E-state index contributed by atoms with van der Waals surface area (Å²) in [6.07, 6.45) is 0. The van der Waals surface area contributed by atoms with E-state index in [1.165, 1.54) is 4.31 Å². The lowest BCUT2D eigenvalue weighted by atomic mass is 10.2. The molecule has 0 radical (unpaired) electrons. The molecule has 0 aliphatic heterocycles. The van der Waals surface area contributed by atoms with E-state index in [4.69, 9.17) is 11.6 Å². The van der Waals surface area contributed by atoms with Crippen LogP contribution in [-0.2, 0) is 15.9 Å². The number of halogens is 2. The summed E-state index contributed by atoms with van der Waals surface area (Å²) in [6, 6.07) is 3.52. The van der Waals surface area contributed by atoms with E-state index >= 15 is 0 Å². The Kier molecular flexibility index (Phi) is 5.65. The second-order valence-corrected chi connectivity index (χ2v) is 6.91. The van der Waals surface area contributed by atoms with Crippen molar-refractivity contribution in [2.24, 2.45) is 0 Å². The lowest BCUT2D eigenvalue weighted by Crippen LogP contribution is -2.31. The zero-order valence-electron chi connectivity index (χ0n) is 10.7. The molecule has 0 saturated carbocycles. The predicted octanol–water partition coefficient (Wildman–Crippen LogP) is 3.53. The average Bonchev–Trinajstić information content (AvgIpc) is 2.33. The first-order chi connectivity index (χ1) is 8.38. The molecule has 18 heavy (non-hydrogen) atoms. The maximum absolute atomic E-state index is 12.5. The molecule has 6 heteroatoms. The smallest absolute Gasteiger partial charge is 0.207 e. The Balaban J connectivity index is 3.45. The Morgan fingerprint density at radius 1 is 1.28 bits per heavy atom. The highest BCUT2D eigenvalue weighted by Crippen LogP contribution is 2.30. The Morgan fingerprint density at radius 2 is 1.83 bits per heavy atom. The van der Waals surface area contributed by atoms with Gasteiger partial charge in [-0.25, -0.2) is 8.42 Å². The van der Waals surface area contributed by atoms with Crippen LogP contribution in [0.3, 0.4) is 0 Å². The van der Waals surface area contributed by atoms with Crippen molar-refractivity contribution in [2.75, 3.05) is 13.1 Å². The summed E-state index contributed by atoms with van der Waals surface area (Å²) < 4.78 is 27.0. The molecular weight excluding hydrogens is 338 g/mol. The van der Waals surface area contributed by atoms with Gasteiger partial charge in [-0.1, -0.05) is 19.9 Å². The minimum absolute atomic E-state index is 0.293. The highest BCUT2D eigenvalue weighted by Gasteiger charge is 2.25. The second kappa shape index (κ2) is 6.37. The molecule has 3 nitrogen and oxygen atoms in total. The highest BCUT2D eigenvalue weighted by molar-refractivity contribution is 9.10. The van der Waals surface area contributed by atoms with Crippen LogP contribution in [0.25, 0.3) is 0 Å². The first kappa shape index (κ1) is 16.0. The molecule has 0 aliphatic carbocycles. The topological polar surface area (TPSA) is 37.4 Å². The number of hydrogen-bond donors (Lipinski definition) is 0. The summed E-state index contributed by atoms with van der Waals surface area (Å²) in [4.78, 5) is 0.293. The van der Waals surface area contributed by atoms with E-state index in [2.05, 4.69) is 15.9 Å². The number of hydrogen-bond acceptors (Lipinski definition) is 2. The summed E-state index contributed by atoms with van der Waals surface area (Å²) >= 11 is 9.15. The Morgan fingerprint density at radius 3 is 2.28 bits per heavy atom. The molecule has 0 aromatic heterocycles. The van der Waals surface area contributed by atoms with Crippen molar-refractivity contribution in [1.82, 2.24) is 4.31 Å². The molecule has 0 unspecified atom stereocenters. The third kappa shape index (κ3) is 3.07. The maximum atomic E-state index is 12.5. The van der Waals surface area contributed by atoms with E-state index in [1.54, 1.807) is 6.07 Å². The first-order valence-corrected chi connectivity index (χ1v) is 8.50. The van der Waals surface area contributed by atoms with Gasteiger partial charge in [0.25, 0.3) is 0 Å². The Labute approximate surface area is 122 Å². The molecule has 0 amide bonds. The van der Waals surface area contributed by atoms with E-state index in [9.17, 15) is 8.42 Å². The van der Waals surface area contributed by atoms with Gasteiger partial charge in [-0.3, -0.25) is 0 Å². The summed E-state index contributed by atoms with van der Waals surface area (Å²) in [5, 5.41) is 0. The highest BCUT2D eigenvalue weighted by atomic mass is 79.9. The van der Waals surface area contributed by atoms with E-state index in [1.807, 2.05) is 26.8 Å². The molecular formula is C12H17BrClNO2S. The molecule has 1 aromatic rings. The van der Waals surface area contributed by atoms with Crippen molar-refractivity contribution in [3.63, 3.8) is 0 Å². The fraction of sp³-hybridized carbons (Fsp3) is 0.500. The molecule has 1 aromatic carbocycles. The normalized spacial score (nSPS) is 12.1. The lowest BCUT2D eigenvalue weighted by molar-refractivity contribution is 0.444. The Hall–Kier alpha value is -0.100. The van der Waals surface area contributed by atoms with Gasteiger partial charge >= 0.3 is 0 Å². The number of rotatable bonds is 5. The molecule has 0 bridgehead atoms. The molecule has 0 fully saturated rings. The fourth-order valence-corrected chi connectivity index (χ4v) is 4.42. The zero-order valence-corrected chi connectivity index (χ0v) is 13.9. The molecule has 0 heterocycles. The first-order valence-electron chi connectivity index (χ1n) is 5.73. The fourth-order valence-electron chi connectivity index (χ4n) is 1.78. The molecule has 102 valence electrons. The van der Waals surface area contributed by atoms with Crippen LogP contribution < -0.4 is 0 Å². The number of aryl methyl sites for hydroxylation is 1. The summed E-state index contributed by atoms with van der Waals surface area (Å²) in [5.74, 6) is 0.300. The molecule has 0 aliphatic rings. The third-order valence-corrected chi connectivity index (χ3v) is 6.46. The van der Waals surface area contributed by atoms with Crippen molar-refractivity contribution in [3.05, 3.63) is 27.7 Å². The van der Waals surface area contributed by atoms with Gasteiger partial charge in [0.15, 0.2) is 0 Å². The van der Waals surface area contributed by atoms with Crippen LogP contribution in [0.2, 0.25) is 0 Å². The minimum Gasteiger partial charge on any atom is -0.207 e. The summed E-state index contributed by atoms with van der Waals surface area (Å²) in [5.41, 5.74) is 1.68. The van der Waals surface area contributed by atoms with Crippen LogP contribution in [0.4, 0.5) is 0 Å². The second-order valence-electron chi connectivity index (χ2n) is 3.95. The molecule has 0 atom stereocenters. The van der Waals surface area contributed by atoms with Gasteiger partial charge in [0, 0.05) is 23.4 Å². The van der Waals surface area contributed by atoms with Crippen molar-refractivity contribution in [3.8, 4) is 0 Å². The van der Waals surface area contributed by atoms with E-state index < -0.39 is 10.0 Å². The van der Waals surface area contributed by atoms with Gasteiger partial charge in [0.2, 0.25) is 10.0 Å². The van der Waals surface area contributed by atoms with E-state index in [-0.39, 0.29) is 0 Å². The van der Waals surface area contributed by atoms with Gasteiger partial charge in [0.1, 0.15) is 0 Å². The van der Waals surface area contributed by atoms with Crippen molar-refractivity contribution in [1.29, 1.82) is 0 Å². The molecule has 1 rings (SSSR count). The molecule has 0 spiro atoms. The summed E-state index contributed by atoms with van der Waals surface area (Å²) in [7, 11) is -3.46. The number of benzene rings is 1. The summed E-state index contributed by atoms with van der Waals surface area (Å²) in [6.45, 7) is 6.42.